The van der Waals surface area contributed by atoms with Gasteiger partial charge in [-0.1, -0.05) is 11.3 Å². The lowest BCUT2D eigenvalue weighted by Gasteiger charge is -2.29. The highest BCUT2D eigenvalue weighted by molar-refractivity contribution is 5.93. The number of benzene rings is 2. The van der Waals surface area contributed by atoms with Gasteiger partial charge in [0, 0.05) is 18.9 Å². The van der Waals surface area contributed by atoms with Gasteiger partial charge in [-0.05, 0) is 36.8 Å². The Morgan fingerprint density at radius 2 is 1.97 bits per heavy atom. The number of fused-ring (bicyclic) bond motifs is 1. The predicted octanol–water partition coefficient (Wildman–Crippen LogP) is 1.62. The van der Waals surface area contributed by atoms with Gasteiger partial charge >= 0.3 is 0 Å². The molecular formula is C22H28N5O3+. The van der Waals surface area contributed by atoms with Crippen molar-refractivity contribution in [3.05, 3.63) is 42.0 Å². The normalized spacial score (nSPS) is 18.9. The van der Waals surface area contributed by atoms with E-state index in [1.165, 1.54) is 10.5 Å². The first kappa shape index (κ1) is 20.2. The standard InChI is InChI=1S/C22H27N5O3/c1-15-4-7-20-19(12-15)24-25-27(20)16-8-10-26(11-9-16)14-22(28)23-18-6-5-17(29-2)13-21(18)30-3/h4-7,12-13,16H,8-11,14H2,1-3H3,(H,23,28)/p+1. The van der Waals surface area contributed by atoms with Crippen molar-refractivity contribution in [2.45, 2.75) is 25.8 Å². The maximum atomic E-state index is 12.6. The van der Waals surface area contributed by atoms with Crippen molar-refractivity contribution in [1.82, 2.24) is 15.0 Å². The van der Waals surface area contributed by atoms with Crippen molar-refractivity contribution in [2.75, 3.05) is 39.2 Å². The van der Waals surface area contributed by atoms with Gasteiger partial charge in [0.25, 0.3) is 5.91 Å². The summed E-state index contributed by atoms with van der Waals surface area (Å²) >= 11 is 0. The van der Waals surface area contributed by atoms with Crippen molar-refractivity contribution in [3.63, 3.8) is 0 Å². The average molecular weight is 410 g/mol. The molecule has 2 aromatic carbocycles. The van der Waals surface area contributed by atoms with Gasteiger partial charge in [0.2, 0.25) is 0 Å². The Kier molecular flexibility index (Phi) is 5.85. The number of methoxy groups -OCH3 is 2. The molecule has 1 amide bonds. The van der Waals surface area contributed by atoms with E-state index in [-0.39, 0.29) is 5.91 Å². The number of aryl methyl sites for hydroxylation is 1. The smallest absolute Gasteiger partial charge is 0.279 e. The molecule has 1 aliphatic rings. The van der Waals surface area contributed by atoms with Crippen LogP contribution in [0.4, 0.5) is 5.69 Å². The molecule has 2 N–H and O–H groups in total. The van der Waals surface area contributed by atoms with E-state index in [0.717, 1.165) is 37.0 Å². The van der Waals surface area contributed by atoms with E-state index in [1.807, 2.05) is 4.68 Å². The lowest BCUT2D eigenvalue weighted by molar-refractivity contribution is -0.897. The maximum Gasteiger partial charge on any atom is 0.279 e. The Hall–Kier alpha value is -3.13. The third-order valence-electron chi connectivity index (χ3n) is 5.73. The number of aromatic nitrogens is 3. The van der Waals surface area contributed by atoms with Gasteiger partial charge in [-0.2, -0.15) is 0 Å². The first-order chi connectivity index (χ1) is 14.6. The minimum Gasteiger partial charge on any atom is -0.497 e. The van der Waals surface area contributed by atoms with E-state index >= 15 is 0 Å². The highest BCUT2D eigenvalue weighted by atomic mass is 16.5. The molecule has 158 valence electrons. The van der Waals surface area contributed by atoms with Crippen LogP contribution in [0, 0.1) is 6.92 Å². The molecule has 0 saturated carbocycles. The van der Waals surface area contributed by atoms with Crippen LogP contribution in [0.5, 0.6) is 11.5 Å². The second-order valence-corrected chi connectivity index (χ2v) is 7.80. The van der Waals surface area contributed by atoms with E-state index in [4.69, 9.17) is 9.47 Å². The SMILES string of the molecule is COc1ccc(NC(=O)C[NH+]2CCC(n3nnc4cc(C)ccc43)CC2)c(OC)c1. The molecule has 2 heterocycles. The summed E-state index contributed by atoms with van der Waals surface area (Å²) < 4.78 is 12.6. The highest BCUT2D eigenvalue weighted by Crippen LogP contribution is 2.29. The quantitative estimate of drug-likeness (QED) is 0.645. The summed E-state index contributed by atoms with van der Waals surface area (Å²) in [6.07, 6.45) is 1.95. The second kappa shape index (κ2) is 8.71. The van der Waals surface area contributed by atoms with Gasteiger partial charge in [0.15, 0.2) is 6.54 Å². The fraction of sp³-hybridized carbons (Fsp3) is 0.409. The molecule has 8 nitrogen and oxygen atoms in total. The van der Waals surface area contributed by atoms with Gasteiger partial charge in [-0.25, -0.2) is 4.68 Å². The molecule has 0 bridgehead atoms. The molecule has 30 heavy (non-hydrogen) atoms. The number of nitrogens with zero attached hydrogens (tertiary/aromatic N) is 3. The zero-order valence-corrected chi connectivity index (χ0v) is 17.6. The molecule has 1 fully saturated rings. The number of ether oxygens (including phenoxy) is 2. The van der Waals surface area contributed by atoms with Crippen molar-refractivity contribution in [2.24, 2.45) is 0 Å². The Labute approximate surface area is 175 Å². The molecular weight excluding hydrogens is 382 g/mol. The van der Waals surface area contributed by atoms with Gasteiger partial charge in [-0.3, -0.25) is 4.79 Å². The molecule has 3 aromatic rings. The topological polar surface area (TPSA) is 82.7 Å². The number of likely N-dealkylation sites (tertiary alicyclic amines) is 1. The number of carbonyl (C=O) groups excluding carboxylic acids is 1. The van der Waals surface area contributed by atoms with Gasteiger partial charge in [0.05, 0.1) is 44.6 Å². The monoisotopic (exact) mass is 410 g/mol. The summed E-state index contributed by atoms with van der Waals surface area (Å²) in [7, 11) is 3.18. The molecule has 0 aliphatic carbocycles. The fourth-order valence-electron chi connectivity index (χ4n) is 4.08. The van der Waals surface area contributed by atoms with Crippen LogP contribution in [-0.2, 0) is 4.79 Å². The molecule has 0 spiro atoms. The van der Waals surface area contributed by atoms with Crippen LogP contribution in [0.15, 0.2) is 36.4 Å². The Balaban J connectivity index is 1.34. The van der Waals surface area contributed by atoms with Gasteiger partial charge in [-0.15, -0.1) is 5.10 Å². The summed E-state index contributed by atoms with van der Waals surface area (Å²) in [5.41, 5.74) is 3.87. The largest absolute Gasteiger partial charge is 0.497 e. The number of quaternary nitrogens is 1. The average Bonchev–Trinajstić information content (AvgIpc) is 3.17. The van der Waals surface area contributed by atoms with Crippen LogP contribution in [0.1, 0.15) is 24.4 Å². The van der Waals surface area contributed by atoms with Crippen LogP contribution >= 0.6 is 0 Å². The lowest BCUT2D eigenvalue weighted by atomic mass is 10.0. The van der Waals surface area contributed by atoms with Gasteiger partial charge < -0.3 is 19.7 Å². The van der Waals surface area contributed by atoms with E-state index in [0.29, 0.717) is 29.8 Å². The molecule has 4 rings (SSSR count). The fourth-order valence-corrected chi connectivity index (χ4v) is 4.08. The molecule has 0 radical (unpaired) electrons. The molecule has 0 atom stereocenters. The molecule has 1 aliphatic heterocycles. The van der Waals surface area contributed by atoms with Crippen molar-refractivity contribution in [1.29, 1.82) is 0 Å². The lowest BCUT2D eigenvalue weighted by Crippen LogP contribution is -3.14. The maximum absolute atomic E-state index is 12.6. The summed E-state index contributed by atoms with van der Waals surface area (Å²) in [4.78, 5) is 13.8. The Morgan fingerprint density at radius 3 is 2.70 bits per heavy atom. The van der Waals surface area contributed by atoms with Crippen molar-refractivity contribution >= 4 is 22.6 Å². The number of hydrogen-bond donors (Lipinski definition) is 2. The Morgan fingerprint density at radius 1 is 1.17 bits per heavy atom. The van der Waals surface area contributed by atoms with E-state index in [1.54, 1.807) is 32.4 Å². The third kappa shape index (κ3) is 4.23. The minimum absolute atomic E-state index is 0.0198. The second-order valence-electron chi connectivity index (χ2n) is 7.80. The molecule has 1 saturated heterocycles. The van der Waals surface area contributed by atoms with Crippen LogP contribution in [-0.4, -0.2) is 54.8 Å². The van der Waals surface area contributed by atoms with Crippen LogP contribution in [0.2, 0.25) is 0 Å². The number of amides is 1. The number of carbonyl (C=O) groups is 1. The zero-order valence-electron chi connectivity index (χ0n) is 17.6. The molecule has 8 heteroatoms. The van der Waals surface area contributed by atoms with Crippen molar-refractivity contribution in [3.8, 4) is 11.5 Å². The van der Waals surface area contributed by atoms with E-state index < -0.39 is 0 Å². The number of rotatable bonds is 6. The number of hydrogen-bond acceptors (Lipinski definition) is 5. The predicted molar refractivity (Wildman–Crippen MR) is 114 cm³/mol. The molecule has 1 aromatic heterocycles. The number of nitrogens with one attached hydrogen (secondary N) is 2. The first-order valence-corrected chi connectivity index (χ1v) is 10.2. The first-order valence-electron chi connectivity index (χ1n) is 10.2. The minimum atomic E-state index is -0.0198. The zero-order chi connectivity index (χ0) is 21.1. The third-order valence-corrected chi connectivity index (χ3v) is 5.73. The van der Waals surface area contributed by atoms with E-state index in [2.05, 4.69) is 40.8 Å². The summed E-state index contributed by atoms with van der Waals surface area (Å²) in [6, 6.07) is 12.0. The summed E-state index contributed by atoms with van der Waals surface area (Å²) in [5, 5.41) is 11.7. The summed E-state index contributed by atoms with van der Waals surface area (Å²) in [6.45, 7) is 4.34. The van der Waals surface area contributed by atoms with E-state index in [9.17, 15) is 4.79 Å². The van der Waals surface area contributed by atoms with Crippen LogP contribution in [0.25, 0.3) is 11.0 Å². The van der Waals surface area contributed by atoms with Crippen molar-refractivity contribution < 1.29 is 19.2 Å². The highest BCUT2D eigenvalue weighted by Gasteiger charge is 2.27. The van der Waals surface area contributed by atoms with Gasteiger partial charge in [0.1, 0.15) is 17.0 Å². The van der Waals surface area contributed by atoms with Crippen LogP contribution in [0.3, 0.4) is 0 Å². The Bertz CT molecular complexity index is 1040. The summed E-state index contributed by atoms with van der Waals surface area (Å²) in [5.74, 6) is 1.26. The van der Waals surface area contributed by atoms with Crippen LogP contribution < -0.4 is 19.7 Å². The molecule has 0 unspecified atom stereocenters. The number of piperidine rings is 1. The number of anilines is 1.